The summed E-state index contributed by atoms with van der Waals surface area (Å²) in [5.74, 6) is 1.13. The second-order valence-electron chi connectivity index (χ2n) is 8.46. The van der Waals surface area contributed by atoms with Gasteiger partial charge in [-0.2, -0.15) is 0 Å². The third-order valence-electron chi connectivity index (χ3n) is 6.25. The highest BCUT2D eigenvalue weighted by Crippen LogP contribution is 2.35. The SMILES string of the molecule is O=C(COc1ccccc1)N1C[C@@H]2C[C@H](C1)c1ccc(NCc3ccccn3)c(=O)n1C2. The number of benzene rings is 1. The molecule has 0 radical (unpaired) electrons. The molecule has 1 aromatic carbocycles. The van der Waals surface area contributed by atoms with Gasteiger partial charge in [-0.3, -0.25) is 14.6 Å². The van der Waals surface area contributed by atoms with Gasteiger partial charge in [-0.05, 0) is 48.7 Å². The van der Waals surface area contributed by atoms with Gasteiger partial charge in [0, 0.05) is 37.4 Å². The zero-order valence-electron chi connectivity index (χ0n) is 17.8. The van der Waals surface area contributed by atoms with Gasteiger partial charge in [-0.1, -0.05) is 24.3 Å². The van der Waals surface area contributed by atoms with Crippen molar-refractivity contribution in [2.75, 3.05) is 25.0 Å². The number of para-hydroxylation sites is 1. The second kappa shape index (κ2) is 8.86. The number of nitrogens with one attached hydrogen (secondary N) is 1. The topological polar surface area (TPSA) is 76.5 Å². The Balaban J connectivity index is 1.27. The molecule has 2 bridgehead atoms. The summed E-state index contributed by atoms with van der Waals surface area (Å²) in [6, 6.07) is 19.0. The molecule has 3 aromatic rings. The fourth-order valence-corrected chi connectivity index (χ4v) is 4.73. The maximum Gasteiger partial charge on any atom is 0.274 e. The molecular formula is C25H26N4O3. The molecule has 0 aliphatic carbocycles. The molecule has 7 nitrogen and oxygen atoms in total. The van der Waals surface area contributed by atoms with Crippen LogP contribution in [-0.4, -0.2) is 40.1 Å². The van der Waals surface area contributed by atoms with Crippen LogP contribution >= 0.6 is 0 Å². The second-order valence-corrected chi connectivity index (χ2v) is 8.46. The van der Waals surface area contributed by atoms with Crippen LogP contribution in [0.25, 0.3) is 0 Å². The summed E-state index contributed by atoms with van der Waals surface area (Å²) in [7, 11) is 0. The van der Waals surface area contributed by atoms with Crippen molar-refractivity contribution in [3.05, 3.63) is 88.6 Å². The number of piperidine rings is 1. The van der Waals surface area contributed by atoms with E-state index in [2.05, 4.69) is 10.3 Å². The Morgan fingerprint density at radius 1 is 1.03 bits per heavy atom. The Bertz CT molecular complexity index is 1150. The summed E-state index contributed by atoms with van der Waals surface area (Å²) < 4.78 is 7.54. The molecule has 2 aliphatic heterocycles. The van der Waals surface area contributed by atoms with Crippen molar-refractivity contribution < 1.29 is 9.53 Å². The highest BCUT2D eigenvalue weighted by Gasteiger charge is 2.36. The Morgan fingerprint density at radius 2 is 1.88 bits per heavy atom. The lowest BCUT2D eigenvalue weighted by Crippen LogP contribution is -2.50. The first kappa shape index (κ1) is 20.3. The van der Waals surface area contributed by atoms with Gasteiger partial charge >= 0.3 is 0 Å². The minimum Gasteiger partial charge on any atom is -0.484 e. The molecule has 4 heterocycles. The van der Waals surface area contributed by atoms with Gasteiger partial charge in [0.05, 0.1) is 12.2 Å². The van der Waals surface area contributed by atoms with E-state index < -0.39 is 0 Å². The number of fused-ring (bicyclic) bond motifs is 4. The zero-order valence-corrected chi connectivity index (χ0v) is 17.8. The smallest absolute Gasteiger partial charge is 0.274 e. The molecule has 7 heteroatoms. The lowest BCUT2D eigenvalue weighted by atomic mass is 9.83. The number of carbonyl (C=O) groups excluding carboxylic acids is 1. The van der Waals surface area contributed by atoms with E-state index in [1.165, 1.54) is 0 Å². The molecule has 164 valence electrons. The number of carbonyl (C=O) groups is 1. The Labute approximate surface area is 186 Å². The highest BCUT2D eigenvalue weighted by atomic mass is 16.5. The van der Waals surface area contributed by atoms with Crippen molar-refractivity contribution >= 4 is 11.6 Å². The van der Waals surface area contributed by atoms with Gasteiger partial charge in [0.15, 0.2) is 6.61 Å². The van der Waals surface area contributed by atoms with Crippen LogP contribution in [0.4, 0.5) is 5.69 Å². The van der Waals surface area contributed by atoms with Crippen LogP contribution < -0.4 is 15.6 Å². The van der Waals surface area contributed by atoms with Crippen molar-refractivity contribution in [3.8, 4) is 5.75 Å². The standard InChI is InChI=1S/C25H26N4O3/c30-24(17-32-21-7-2-1-3-8-21)28-14-18-12-19(16-28)23-10-9-22(25(31)29(23)15-18)27-13-20-6-4-5-11-26-20/h1-11,18-19,27H,12-17H2/t18-,19+/m0/s1. The van der Waals surface area contributed by atoms with Gasteiger partial charge in [0.25, 0.3) is 11.5 Å². The number of aromatic nitrogens is 2. The molecule has 5 rings (SSSR count). The van der Waals surface area contributed by atoms with E-state index in [1.807, 2.05) is 70.1 Å². The Hall–Kier alpha value is -3.61. The summed E-state index contributed by atoms with van der Waals surface area (Å²) in [5, 5.41) is 3.23. The van der Waals surface area contributed by atoms with Crippen LogP contribution in [0.15, 0.2) is 71.7 Å². The molecule has 1 amide bonds. The normalized spacial score (nSPS) is 19.2. The van der Waals surface area contributed by atoms with E-state index >= 15 is 0 Å². The molecule has 2 aliphatic rings. The van der Waals surface area contributed by atoms with Crippen LogP contribution in [0.5, 0.6) is 5.75 Å². The third kappa shape index (κ3) is 4.23. The molecule has 1 fully saturated rings. The number of pyridine rings is 2. The van der Waals surface area contributed by atoms with Gasteiger partial charge < -0.3 is 19.5 Å². The van der Waals surface area contributed by atoms with E-state index in [0.29, 0.717) is 37.6 Å². The predicted molar refractivity (Wildman–Crippen MR) is 122 cm³/mol. The quantitative estimate of drug-likeness (QED) is 0.651. The average molecular weight is 431 g/mol. The molecule has 0 saturated carbocycles. The summed E-state index contributed by atoms with van der Waals surface area (Å²) in [6.45, 7) is 2.45. The maximum atomic E-state index is 13.1. The molecule has 1 N–H and O–H groups in total. The summed E-state index contributed by atoms with van der Waals surface area (Å²) in [5.41, 5.74) is 2.48. The van der Waals surface area contributed by atoms with Gasteiger partial charge in [-0.15, -0.1) is 0 Å². The van der Waals surface area contributed by atoms with Crippen LogP contribution in [0, 0.1) is 5.92 Å². The molecule has 32 heavy (non-hydrogen) atoms. The van der Waals surface area contributed by atoms with Crippen molar-refractivity contribution in [1.29, 1.82) is 0 Å². The van der Waals surface area contributed by atoms with Crippen molar-refractivity contribution in [3.63, 3.8) is 0 Å². The number of amides is 1. The number of rotatable bonds is 6. The van der Waals surface area contributed by atoms with Gasteiger partial charge in [0.2, 0.25) is 0 Å². The summed E-state index contributed by atoms with van der Waals surface area (Å²) >= 11 is 0. The lowest BCUT2D eigenvalue weighted by Gasteiger charge is -2.42. The molecule has 2 aromatic heterocycles. The number of nitrogens with zero attached hydrogens (tertiary/aromatic N) is 3. The zero-order chi connectivity index (χ0) is 21.9. The van der Waals surface area contributed by atoms with Crippen molar-refractivity contribution in [2.45, 2.75) is 25.4 Å². The predicted octanol–water partition coefficient (Wildman–Crippen LogP) is 2.88. The number of ether oxygens (including phenoxy) is 1. The maximum absolute atomic E-state index is 13.1. The van der Waals surface area contributed by atoms with Crippen LogP contribution in [0.3, 0.4) is 0 Å². The van der Waals surface area contributed by atoms with Gasteiger partial charge in [-0.25, -0.2) is 0 Å². The van der Waals surface area contributed by atoms with E-state index in [4.69, 9.17) is 4.74 Å². The van der Waals surface area contributed by atoms with E-state index in [0.717, 1.165) is 17.8 Å². The van der Waals surface area contributed by atoms with E-state index in [9.17, 15) is 9.59 Å². The van der Waals surface area contributed by atoms with Crippen molar-refractivity contribution in [1.82, 2.24) is 14.5 Å². The molecule has 1 saturated heterocycles. The van der Waals surface area contributed by atoms with Gasteiger partial charge in [0.1, 0.15) is 11.4 Å². The minimum atomic E-state index is -0.00648. The average Bonchev–Trinajstić information content (AvgIpc) is 2.83. The highest BCUT2D eigenvalue weighted by molar-refractivity contribution is 5.78. The largest absolute Gasteiger partial charge is 0.484 e. The third-order valence-corrected chi connectivity index (χ3v) is 6.25. The summed E-state index contributed by atoms with van der Waals surface area (Å²) in [4.78, 5) is 32.1. The molecule has 0 spiro atoms. The van der Waals surface area contributed by atoms with E-state index in [1.54, 1.807) is 6.20 Å². The minimum absolute atomic E-state index is 0.000295. The number of hydrogen-bond acceptors (Lipinski definition) is 5. The van der Waals surface area contributed by atoms with E-state index in [-0.39, 0.29) is 29.9 Å². The first-order valence-electron chi connectivity index (χ1n) is 11.0. The fraction of sp³-hybridized carbons (Fsp3) is 0.320. The first-order valence-corrected chi connectivity index (χ1v) is 11.0. The summed E-state index contributed by atoms with van der Waals surface area (Å²) in [6.07, 6.45) is 2.75. The first-order chi connectivity index (χ1) is 15.7. The Morgan fingerprint density at radius 3 is 2.69 bits per heavy atom. The number of likely N-dealkylation sites (tertiary alicyclic amines) is 1. The van der Waals surface area contributed by atoms with Crippen LogP contribution in [0.2, 0.25) is 0 Å². The fourth-order valence-electron chi connectivity index (χ4n) is 4.73. The van der Waals surface area contributed by atoms with Crippen molar-refractivity contribution in [2.24, 2.45) is 5.92 Å². The van der Waals surface area contributed by atoms with Crippen LogP contribution in [0.1, 0.15) is 23.7 Å². The monoisotopic (exact) mass is 430 g/mol. The molecule has 2 atom stereocenters. The number of hydrogen-bond donors (Lipinski definition) is 1. The van der Waals surface area contributed by atoms with Crippen LogP contribution in [-0.2, 0) is 17.9 Å². The molecule has 0 unspecified atom stereocenters. The lowest BCUT2D eigenvalue weighted by molar-refractivity contribution is -0.136. The Kier molecular flexibility index (Phi) is 5.62. The molecular weight excluding hydrogens is 404 g/mol. The number of anilines is 1.